The van der Waals surface area contributed by atoms with Gasteiger partial charge in [-0.2, -0.15) is 26.3 Å². The summed E-state index contributed by atoms with van der Waals surface area (Å²) in [5.41, 5.74) is -3.27. The van der Waals surface area contributed by atoms with Crippen LogP contribution in [0, 0.1) is 0 Å². The Balaban J connectivity index is 2.03. The summed E-state index contributed by atoms with van der Waals surface area (Å²) >= 11 is 0. The molecular formula is C14H11F6N3O. The minimum Gasteiger partial charge on any atom is -0.403 e. The molecule has 0 radical (unpaired) electrons. The van der Waals surface area contributed by atoms with Crippen molar-refractivity contribution in [3.05, 3.63) is 29.3 Å². The molecule has 1 aliphatic heterocycles. The summed E-state index contributed by atoms with van der Waals surface area (Å²) in [6.45, 7) is 1.30. The number of anilines is 1. The number of rotatable bonds is 2. The third-order valence-corrected chi connectivity index (χ3v) is 3.63. The maximum atomic E-state index is 12.9. The van der Waals surface area contributed by atoms with E-state index in [9.17, 15) is 26.3 Å². The van der Waals surface area contributed by atoms with Crippen LogP contribution in [-0.2, 0) is 12.4 Å². The van der Waals surface area contributed by atoms with Crippen molar-refractivity contribution in [2.75, 3.05) is 18.0 Å². The summed E-state index contributed by atoms with van der Waals surface area (Å²) < 4.78 is 82.4. The molecular weight excluding hydrogens is 340 g/mol. The largest absolute Gasteiger partial charge is 0.416 e. The van der Waals surface area contributed by atoms with Crippen LogP contribution in [0.25, 0.3) is 11.5 Å². The predicted molar refractivity (Wildman–Crippen MR) is 71.2 cm³/mol. The van der Waals surface area contributed by atoms with Crippen molar-refractivity contribution in [2.45, 2.75) is 25.2 Å². The predicted octanol–water partition coefficient (Wildman–Crippen LogP) is 4.37. The number of hydrogen-bond acceptors (Lipinski definition) is 4. The second-order valence-corrected chi connectivity index (χ2v) is 5.38. The molecule has 2 aromatic rings. The number of nitrogens with zero attached hydrogens (tertiary/aromatic N) is 3. The van der Waals surface area contributed by atoms with Crippen LogP contribution in [0.5, 0.6) is 0 Å². The van der Waals surface area contributed by atoms with Gasteiger partial charge in [0.1, 0.15) is 0 Å². The van der Waals surface area contributed by atoms with Crippen molar-refractivity contribution in [1.29, 1.82) is 0 Å². The van der Waals surface area contributed by atoms with Crippen molar-refractivity contribution in [1.82, 2.24) is 10.2 Å². The van der Waals surface area contributed by atoms with Gasteiger partial charge in [0.2, 0.25) is 5.89 Å². The standard InChI is InChI=1S/C14H11F6N3O/c15-13(16,17)9-5-8(6-10(7-9)14(18,19)20)11-21-22-12(24-11)23-3-1-2-4-23/h5-7H,1-4H2. The first-order valence-corrected chi connectivity index (χ1v) is 7.03. The normalized spacial score (nSPS) is 16.0. The van der Waals surface area contributed by atoms with E-state index in [0.29, 0.717) is 25.2 Å². The van der Waals surface area contributed by atoms with E-state index in [0.717, 1.165) is 12.8 Å². The lowest BCUT2D eigenvalue weighted by molar-refractivity contribution is -0.143. The molecule has 1 saturated heterocycles. The van der Waals surface area contributed by atoms with E-state index < -0.39 is 29.0 Å². The Hall–Kier alpha value is -2.26. The minimum absolute atomic E-state index is 0.0568. The molecule has 2 heterocycles. The zero-order chi connectivity index (χ0) is 17.5. The van der Waals surface area contributed by atoms with E-state index in [1.807, 2.05) is 0 Å². The molecule has 130 valence electrons. The van der Waals surface area contributed by atoms with Crippen molar-refractivity contribution < 1.29 is 30.8 Å². The third-order valence-electron chi connectivity index (χ3n) is 3.63. The number of alkyl halides is 6. The molecule has 3 rings (SSSR count). The van der Waals surface area contributed by atoms with Gasteiger partial charge in [0.25, 0.3) is 0 Å². The van der Waals surface area contributed by atoms with Crippen LogP contribution in [0.3, 0.4) is 0 Å². The Bertz CT molecular complexity index is 699. The first-order valence-electron chi connectivity index (χ1n) is 7.03. The smallest absolute Gasteiger partial charge is 0.403 e. The summed E-state index contributed by atoms with van der Waals surface area (Å²) in [7, 11) is 0. The van der Waals surface area contributed by atoms with Crippen LogP contribution in [0.4, 0.5) is 32.4 Å². The molecule has 0 bridgehead atoms. The van der Waals surface area contributed by atoms with Crippen molar-refractivity contribution >= 4 is 6.01 Å². The highest BCUT2D eigenvalue weighted by molar-refractivity contribution is 5.57. The molecule has 0 amide bonds. The van der Waals surface area contributed by atoms with Gasteiger partial charge in [-0.15, -0.1) is 5.10 Å². The van der Waals surface area contributed by atoms with E-state index in [4.69, 9.17) is 4.42 Å². The molecule has 0 unspecified atom stereocenters. The van der Waals surface area contributed by atoms with Gasteiger partial charge in [-0.25, -0.2) is 0 Å². The Morgan fingerprint density at radius 3 is 1.88 bits per heavy atom. The molecule has 4 nitrogen and oxygen atoms in total. The van der Waals surface area contributed by atoms with Crippen LogP contribution in [0.2, 0.25) is 0 Å². The highest BCUT2D eigenvalue weighted by atomic mass is 19.4. The Kier molecular flexibility index (Phi) is 3.92. The van der Waals surface area contributed by atoms with Crippen molar-refractivity contribution in [2.24, 2.45) is 0 Å². The molecule has 0 saturated carbocycles. The zero-order valence-corrected chi connectivity index (χ0v) is 12.1. The summed E-state index contributed by atoms with van der Waals surface area (Å²) in [4.78, 5) is 1.73. The average Bonchev–Trinajstić information content (AvgIpc) is 3.16. The number of halogens is 6. The molecule has 0 N–H and O–H groups in total. The highest BCUT2D eigenvalue weighted by Gasteiger charge is 2.37. The SMILES string of the molecule is FC(F)(F)c1cc(-c2nnc(N3CCCC3)o2)cc(C(F)(F)F)c1. The van der Waals surface area contributed by atoms with E-state index in [1.165, 1.54) is 0 Å². The van der Waals surface area contributed by atoms with Gasteiger partial charge in [-0.3, -0.25) is 0 Å². The Morgan fingerprint density at radius 2 is 1.38 bits per heavy atom. The van der Waals surface area contributed by atoms with E-state index >= 15 is 0 Å². The maximum Gasteiger partial charge on any atom is 0.416 e. The summed E-state index contributed by atoms with van der Waals surface area (Å²) in [6.07, 6.45) is -8.04. The fourth-order valence-electron chi connectivity index (χ4n) is 2.45. The van der Waals surface area contributed by atoms with E-state index in [-0.39, 0.29) is 18.0 Å². The summed E-state index contributed by atoms with van der Waals surface area (Å²) in [5, 5.41) is 7.29. The van der Waals surface area contributed by atoms with Gasteiger partial charge >= 0.3 is 18.4 Å². The summed E-state index contributed by atoms with van der Waals surface area (Å²) in [5.74, 6) is -0.381. The Labute approximate surface area is 132 Å². The molecule has 24 heavy (non-hydrogen) atoms. The summed E-state index contributed by atoms with van der Waals surface area (Å²) in [6, 6.07) is 1.28. The lowest BCUT2D eigenvalue weighted by Crippen LogP contribution is -2.17. The van der Waals surface area contributed by atoms with Gasteiger partial charge < -0.3 is 9.32 Å². The maximum absolute atomic E-state index is 12.9. The van der Waals surface area contributed by atoms with E-state index in [1.54, 1.807) is 4.90 Å². The molecule has 1 fully saturated rings. The Morgan fingerprint density at radius 1 is 0.833 bits per heavy atom. The fraction of sp³-hybridized carbons (Fsp3) is 0.429. The van der Waals surface area contributed by atoms with Gasteiger partial charge in [0, 0.05) is 18.7 Å². The van der Waals surface area contributed by atoms with E-state index in [2.05, 4.69) is 10.2 Å². The monoisotopic (exact) mass is 351 g/mol. The molecule has 1 aromatic carbocycles. The molecule has 0 atom stereocenters. The molecule has 0 aliphatic carbocycles. The van der Waals surface area contributed by atoms with Crippen molar-refractivity contribution in [3.63, 3.8) is 0 Å². The molecule has 1 aromatic heterocycles. The molecule has 0 spiro atoms. The van der Waals surface area contributed by atoms with Crippen LogP contribution in [0.1, 0.15) is 24.0 Å². The van der Waals surface area contributed by atoms with Gasteiger partial charge in [0.15, 0.2) is 0 Å². The van der Waals surface area contributed by atoms with Crippen LogP contribution in [0.15, 0.2) is 22.6 Å². The first-order chi connectivity index (χ1) is 11.1. The van der Waals surface area contributed by atoms with Gasteiger partial charge in [-0.1, -0.05) is 5.10 Å². The van der Waals surface area contributed by atoms with Crippen molar-refractivity contribution in [3.8, 4) is 11.5 Å². The van der Waals surface area contributed by atoms with Crippen LogP contribution in [-0.4, -0.2) is 23.3 Å². The third kappa shape index (κ3) is 3.31. The average molecular weight is 351 g/mol. The lowest BCUT2D eigenvalue weighted by atomic mass is 10.0. The second-order valence-electron chi connectivity index (χ2n) is 5.38. The number of benzene rings is 1. The zero-order valence-electron chi connectivity index (χ0n) is 12.1. The number of aromatic nitrogens is 2. The van der Waals surface area contributed by atoms with Gasteiger partial charge in [0.05, 0.1) is 11.1 Å². The lowest BCUT2D eigenvalue weighted by Gasteiger charge is -2.13. The molecule has 10 heteroatoms. The topological polar surface area (TPSA) is 42.2 Å². The highest BCUT2D eigenvalue weighted by Crippen LogP contribution is 2.38. The number of hydrogen-bond donors (Lipinski definition) is 0. The minimum atomic E-state index is -4.92. The van der Waals surface area contributed by atoms with Crippen LogP contribution >= 0.6 is 0 Å². The van der Waals surface area contributed by atoms with Crippen LogP contribution < -0.4 is 4.90 Å². The second kappa shape index (κ2) is 5.67. The molecule has 1 aliphatic rings. The fourth-order valence-corrected chi connectivity index (χ4v) is 2.45. The van der Waals surface area contributed by atoms with Gasteiger partial charge in [-0.05, 0) is 31.0 Å². The first kappa shape index (κ1) is 16.6. The quantitative estimate of drug-likeness (QED) is 0.754.